The monoisotopic (exact) mass is 345 g/mol. The molecule has 3 amide bonds. The van der Waals surface area contributed by atoms with Crippen LogP contribution in [0.5, 0.6) is 0 Å². The number of aromatic nitrogens is 2. The molecule has 25 heavy (non-hydrogen) atoms. The van der Waals surface area contributed by atoms with Gasteiger partial charge in [0.05, 0.1) is 17.9 Å². The number of carbonyl (C=O) groups excluding carboxylic acids is 2. The number of likely N-dealkylation sites (N-methyl/N-ethyl adjacent to an activating group) is 1. The van der Waals surface area contributed by atoms with Crippen molar-refractivity contribution in [2.45, 2.75) is 38.6 Å². The second kappa shape index (κ2) is 6.35. The fourth-order valence-corrected chi connectivity index (χ4v) is 4.12. The second-order valence-corrected chi connectivity index (χ2v) is 7.89. The second-order valence-electron chi connectivity index (χ2n) is 7.89. The first kappa shape index (κ1) is 16.4. The van der Waals surface area contributed by atoms with E-state index in [1.54, 1.807) is 16.0 Å². The van der Waals surface area contributed by atoms with E-state index in [-0.39, 0.29) is 18.0 Å². The van der Waals surface area contributed by atoms with Gasteiger partial charge in [0.2, 0.25) is 5.91 Å². The van der Waals surface area contributed by atoms with Crippen LogP contribution in [0.25, 0.3) is 0 Å². The number of amides is 3. The number of hydrogen-bond acceptors (Lipinski definition) is 3. The van der Waals surface area contributed by atoms with E-state index < -0.39 is 0 Å². The summed E-state index contributed by atoms with van der Waals surface area (Å²) in [5.41, 5.74) is 0.848. The lowest BCUT2D eigenvalue weighted by Gasteiger charge is -2.42. The summed E-state index contributed by atoms with van der Waals surface area (Å²) in [6, 6.07) is 0.257. The third kappa shape index (κ3) is 3.00. The molecule has 136 valence electrons. The molecular weight excluding hydrogens is 318 g/mol. The molecule has 7 heteroatoms. The van der Waals surface area contributed by atoms with Crippen molar-refractivity contribution in [3.05, 3.63) is 12.4 Å². The van der Waals surface area contributed by atoms with Crippen LogP contribution in [-0.4, -0.2) is 64.7 Å². The Kier molecular flexibility index (Phi) is 4.17. The highest BCUT2D eigenvalue weighted by molar-refractivity contribution is 5.93. The predicted octanol–water partition coefficient (Wildman–Crippen LogP) is 1.96. The largest absolute Gasteiger partial charge is 0.338 e. The third-order valence-corrected chi connectivity index (χ3v) is 6.03. The van der Waals surface area contributed by atoms with Crippen LogP contribution in [0.15, 0.2) is 12.4 Å². The smallest absolute Gasteiger partial charge is 0.324 e. The van der Waals surface area contributed by atoms with Crippen molar-refractivity contribution < 1.29 is 9.59 Å². The lowest BCUT2D eigenvalue weighted by molar-refractivity contribution is -0.143. The summed E-state index contributed by atoms with van der Waals surface area (Å²) < 4.78 is 1.91. The zero-order chi connectivity index (χ0) is 17.6. The van der Waals surface area contributed by atoms with Gasteiger partial charge in [-0.1, -0.05) is 6.92 Å². The Hall–Kier alpha value is -2.05. The molecule has 3 heterocycles. The number of carbonyl (C=O) groups is 2. The molecule has 1 aliphatic carbocycles. The summed E-state index contributed by atoms with van der Waals surface area (Å²) in [7, 11) is 1.81. The molecule has 2 aliphatic heterocycles. The van der Waals surface area contributed by atoms with Gasteiger partial charge in [-0.3, -0.25) is 14.4 Å². The summed E-state index contributed by atoms with van der Waals surface area (Å²) in [6.45, 7) is 5.20. The minimum absolute atomic E-state index is 0.0245. The number of nitrogens with zero attached hydrogens (tertiary/aromatic N) is 5. The van der Waals surface area contributed by atoms with E-state index in [0.29, 0.717) is 12.5 Å². The Morgan fingerprint density at radius 1 is 1.16 bits per heavy atom. The Bertz CT molecular complexity index is 658. The maximum absolute atomic E-state index is 12.6. The van der Waals surface area contributed by atoms with E-state index in [1.807, 2.05) is 22.8 Å². The van der Waals surface area contributed by atoms with Gasteiger partial charge in [0.15, 0.2) is 0 Å². The molecule has 0 bridgehead atoms. The van der Waals surface area contributed by atoms with Gasteiger partial charge in [-0.2, -0.15) is 5.10 Å². The fraction of sp³-hybridized carbons (Fsp3) is 0.722. The summed E-state index contributed by atoms with van der Waals surface area (Å²) in [4.78, 5) is 30.1. The van der Waals surface area contributed by atoms with Gasteiger partial charge in [-0.25, -0.2) is 4.79 Å². The molecule has 0 radical (unpaired) electrons. The molecule has 0 aromatic carbocycles. The molecule has 0 N–H and O–H groups in total. The molecule has 3 fully saturated rings. The molecule has 1 aromatic heterocycles. The number of likely N-dealkylation sites (tertiary alicyclic amines) is 1. The lowest BCUT2D eigenvalue weighted by Crippen LogP contribution is -2.53. The Labute approximate surface area is 148 Å². The number of anilines is 1. The summed E-state index contributed by atoms with van der Waals surface area (Å²) in [6.07, 6.45) is 8.12. The maximum Gasteiger partial charge on any atom is 0.324 e. The van der Waals surface area contributed by atoms with Crippen molar-refractivity contribution in [2.75, 3.05) is 38.1 Å². The van der Waals surface area contributed by atoms with Crippen LogP contribution < -0.4 is 4.90 Å². The van der Waals surface area contributed by atoms with E-state index in [9.17, 15) is 9.59 Å². The van der Waals surface area contributed by atoms with Crippen molar-refractivity contribution in [1.82, 2.24) is 19.6 Å². The van der Waals surface area contributed by atoms with Gasteiger partial charge in [0.25, 0.3) is 0 Å². The van der Waals surface area contributed by atoms with Crippen LogP contribution in [0, 0.1) is 11.8 Å². The number of rotatable bonds is 3. The van der Waals surface area contributed by atoms with Crippen LogP contribution in [0.4, 0.5) is 10.5 Å². The summed E-state index contributed by atoms with van der Waals surface area (Å²) in [5.74, 6) is 1.32. The van der Waals surface area contributed by atoms with Crippen LogP contribution in [0.1, 0.15) is 38.6 Å². The van der Waals surface area contributed by atoms with E-state index in [1.165, 1.54) is 12.8 Å². The summed E-state index contributed by atoms with van der Waals surface area (Å²) in [5, 5.41) is 4.42. The van der Waals surface area contributed by atoms with Crippen molar-refractivity contribution in [3.63, 3.8) is 0 Å². The molecule has 1 saturated carbocycles. The van der Waals surface area contributed by atoms with Gasteiger partial charge in [-0.05, 0) is 31.6 Å². The third-order valence-electron chi connectivity index (χ3n) is 6.03. The molecule has 2 saturated heterocycles. The van der Waals surface area contributed by atoms with Gasteiger partial charge in [0.1, 0.15) is 0 Å². The molecule has 4 rings (SSSR count). The average molecular weight is 345 g/mol. The van der Waals surface area contributed by atoms with Crippen LogP contribution in [0.3, 0.4) is 0 Å². The van der Waals surface area contributed by atoms with Crippen LogP contribution in [-0.2, 0) is 4.79 Å². The van der Waals surface area contributed by atoms with Crippen LogP contribution in [0.2, 0.25) is 0 Å². The van der Waals surface area contributed by atoms with E-state index in [4.69, 9.17) is 0 Å². The number of hydrogen-bond donors (Lipinski definition) is 0. The van der Waals surface area contributed by atoms with Gasteiger partial charge in [0, 0.05) is 45.3 Å². The van der Waals surface area contributed by atoms with Crippen molar-refractivity contribution in [2.24, 2.45) is 11.8 Å². The first-order valence-corrected chi connectivity index (χ1v) is 9.38. The minimum Gasteiger partial charge on any atom is -0.338 e. The van der Waals surface area contributed by atoms with E-state index >= 15 is 0 Å². The van der Waals surface area contributed by atoms with Gasteiger partial charge >= 0.3 is 6.03 Å². The van der Waals surface area contributed by atoms with Crippen LogP contribution >= 0.6 is 0 Å². The Balaban J connectivity index is 1.32. The zero-order valence-electron chi connectivity index (χ0n) is 15.1. The lowest BCUT2D eigenvalue weighted by atomic mass is 9.82. The average Bonchev–Trinajstić information content (AvgIpc) is 3.15. The Morgan fingerprint density at radius 3 is 2.52 bits per heavy atom. The highest BCUT2D eigenvalue weighted by Crippen LogP contribution is 2.32. The van der Waals surface area contributed by atoms with Crippen molar-refractivity contribution >= 4 is 17.6 Å². The van der Waals surface area contributed by atoms with E-state index in [2.05, 4.69) is 12.0 Å². The standard InChI is InChI=1S/C18H27N5O2/c1-13-3-5-14(6-4-13)17(24)21-10-16(11-21)23-12-15(9-19-23)22-8-7-20(2)18(22)25/h9,12-14,16H,3-8,10-11H2,1-2H3. The highest BCUT2D eigenvalue weighted by atomic mass is 16.2. The topological polar surface area (TPSA) is 61.7 Å². The SMILES string of the molecule is CC1CCC(C(=O)N2CC(n3cc(N4CCN(C)C4=O)cn3)C2)CC1. The quantitative estimate of drug-likeness (QED) is 0.841. The van der Waals surface area contributed by atoms with Crippen molar-refractivity contribution in [1.29, 1.82) is 0 Å². The van der Waals surface area contributed by atoms with E-state index in [0.717, 1.165) is 44.1 Å². The Morgan fingerprint density at radius 2 is 1.88 bits per heavy atom. The normalized spacial score (nSPS) is 27.8. The zero-order valence-corrected chi connectivity index (χ0v) is 15.1. The molecule has 7 nitrogen and oxygen atoms in total. The first-order chi connectivity index (χ1) is 12.0. The molecule has 1 aromatic rings. The minimum atomic E-state index is 0.0245. The molecule has 0 atom stereocenters. The van der Waals surface area contributed by atoms with Gasteiger partial charge < -0.3 is 9.80 Å². The fourth-order valence-electron chi connectivity index (χ4n) is 4.12. The molecule has 0 spiro atoms. The predicted molar refractivity (Wildman–Crippen MR) is 94.3 cm³/mol. The maximum atomic E-state index is 12.6. The van der Waals surface area contributed by atoms with Gasteiger partial charge in [-0.15, -0.1) is 0 Å². The first-order valence-electron chi connectivity index (χ1n) is 9.38. The molecule has 0 unspecified atom stereocenters. The highest BCUT2D eigenvalue weighted by Gasteiger charge is 2.37. The molecule has 3 aliphatic rings. The van der Waals surface area contributed by atoms with Crippen molar-refractivity contribution in [3.8, 4) is 0 Å². The summed E-state index contributed by atoms with van der Waals surface area (Å²) >= 11 is 0. The number of urea groups is 1. The molecular formula is C18H27N5O2.